The van der Waals surface area contributed by atoms with Crippen LogP contribution in [-0.2, 0) is 14.3 Å². The summed E-state index contributed by atoms with van der Waals surface area (Å²) < 4.78 is 19.2. The first kappa shape index (κ1) is 21.2. The van der Waals surface area contributed by atoms with Crippen molar-refractivity contribution in [2.45, 2.75) is 57.3 Å². The lowest BCUT2D eigenvalue weighted by molar-refractivity contribution is -0.141. The van der Waals surface area contributed by atoms with E-state index in [1.54, 1.807) is 39.0 Å². The van der Waals surface area contributed by atoms with Gasteiger partial charge >= 0.3 is 12.1 Å². The van der Waals surface area contributed by atoms with Crippen LogP contribution >= 0.6 is 11.6 Å². The third-order valence-corrected chi connectivity index (χ3v) is 4.44. The third-order valence-electron chi connectivity index (χ3n) is 4.20. The first-order valence-electron chi connectivity index (χ1n) is 8.62. The Balaban J connectivity index is 2.18. The minimum Gasteiger partial charge on any atom is -0.481 e. The minimum atomic E-state index is -1.36. The molecule has 6 nitrogen and oxygen atoms in total. The molecule has 148 valence electrons. The number of halogens is 2. The zero-order valence-electron chi connectivity index (χ0n) is 15.4. The molecular weight excluding hydrogens is 377 g/mol. The fraction of sp³-hybridized carbons (Fsp3) is 0.526. The molecule has 1 unspecified atom stereocenters. The molecule has 1 aromatic rings. The van der Waals surface area contributed by atoms with E-state index < -0.39 is 41.6 Å². The number of carboxylic acid groups (broad SMARTS) is 1. The van der Waals surface area contributed by atoms with E-state index in [1.807, 2.05) is 0 Å². The van der Waals surface area contributed by atoms with Gasteiger partial charge in [-0.05, 0) is 38.5 Å². The molecule has 27 heavy (non-hydrogen) atoms. The monoisotopic (exact) mass is 399 g/mol. The predicted molar refractivity (Wildman–Crippen MR) is 97.7 cm³/mol. The summed E-state index contributed by atoms with van der Waals surface area (Å²) in [4.78, 5) is 37.7. The van der Waals surface area contributed by atoms with Crippen LogP contribution < -0.4 is 0 Å². The van der Waals surface area contributed by atoms with Gasteiger partial charge in [0, 0.05) is 17.9 Å². The summed E-state index contributed by atoms with van der Waals surface area (Å²) in [6.45, 7) is 4.76. The zero-order chi connectivity index (χ0) is 20.4. The molecule has 1 aliphatic heterocycles. The predicted octanol–water partition coefficient (Wildman–Crippen LogP) is 3.81. The number of ether oxygens (including phenoxy) is 1. The van der Waals surface area contributed by atoms with Crippen molar-refractivity contribution in [2.24, 2.45) is 0 Å². The lowest BCUT2D eigenvalue weighted by Gasteiger charge is -2.28. The molecule has 0 aromatic heterocycles. The number of alkyl halides is 1. The van der Waals surface area contributed by atoms with E-state index in [0.29, 0.717) is 10.6 Å². The van der Waals surface area contributed by atoms with Gasteiger partial charge < -0.3 is 9.84 Å². The first-order valence-corrected chi connectivity index (χ1v) is 9.00. The van der Waals surface area contributed by atoms with Crippen LogP contribution in [-0.4, -0.2) is 52.2 Å². The molecule has 1 amide bonds. The van der Waals surface area contributed by atoms with Crippen LogP contribution in [0.25, 0.3) is 0 Å². The minimum absolute atomic E-state index is 0.167. The highest BCUT2D eigenvalue weighted by Crippen LogP contribution is 2.29. The Kier molecular flexibility index (Phi) is 6.46. The second-order valence-electron chi connectivity index (χ2n) is 7.60. The average molecular weight is 400 g/mol. The summed E-state index contributed by atoms with van der Waals surface area (Å²) in [5.41, 5.74) is -0.411. The number of benzene rings is 1. The third kappa shape index (κ3) is 5.66. The van der Waals surface area contributed by atoms with Crippen molar-refractivity contribution >= 4 is 29.4 Å². The van der Waals surface area contributed by atoms with Gasteiger partial charge in [-0.25, -0.2) is 9.18 Å². The quantitative estimate of drug-likeness (QED) is 0.813. The highest BCUT2D eigenvalue weighted by Gasteiger charge is 2.42. The normalized spacial score (nSPS) is 21.0. The smallest absolute Gasteiger partial charge is 0.411 e. The molecule has 0 radical (unpaired) electrons. The van der Waals surface area contributed by atoms with E-state index in [9.17, 15) is 23.9 Å². The van der Waals surface area contributed by atoms with E-state index in [2.05, 4.69) is 0 Å². The molecule has 1 fully saturated rings. The molecule has 8 heteroatoms. The summed E-state index contributed by atoms with van der Waals surface area (Å²) in [6, 6.07) is 5.19. The number of aliphatic carboxylic acids is 1. The summed E-state index contributed by atoms with van der Waals surface area (Å²) in [5.74, 6) is -2.84. The van der Waals surface area contributed by atoms with E-state index >= 15 is 0 Å². The molecule has 1 aromatic carbocycles. The van der Waals surface area contributed by atoms with Gasteiger partial charge in [-0.2, -0.15) is 0 Å². The average Bonchev–Trinajstić information content (AvgIpc) is 2.92. The van der Waals surface area contributed by atoms with Crippen LogP contribution in [0.4, 0.5) is 9.18 Å². The molecule has 2 rings (SSSR count). The molecule has 0 spiro atoms. The van der Waals surface area contributed by atoms with Crippen molar-refractivity contribution in [3.05, 3.63) is 34.9 Å². The Hall–Kier alpha value is -2.15. The van der Waals surface area contributed by atoms with Crippen LogP contribution in [0.2, 0.25) is 5.02 Å². The second kappa shape index (κ2) is 8.25. The Morgan fingerprint density at radius 2 is 2.04 bits per heavy atom. The fourth-order valence-corrected chi connectivity index (χ4v) is 3.22. The topological polar surface area (TPSA) is 83.9 Å². The molecule has 1 N–H and O–H groups in total. The van der Waals surface area contributed by atoms with Gasteiger partial charge in [0.1, 0.15) is 11.8 Å². The molecule has 1 heterocycles. The maximum atomic E-state index is 13.9. The van der Waals surface area contributed by atoms with Crippen LogP contribution in [0, 0.1) is 0 Å². The molecule has 1 aliphatic rings. The van der Waals surface area contributed by atoms with Crippen molar-refractivity contribution < 1.29 is 28.6 Å². The summed E-state index contributed by atoms with van der Waals surface area (Å²) in [5, 5.41) is 9.87. The lowest BCUT2D eigenvalue weighted by Crippen LogP contribution is -2.44. The van der Waals surface area contributed by atoms with Crippen molar-refractivity contribution in [3.8, 4) is 0 Å². The number of nitrogens with zero attached hydrogens (tertiary/aromatic N) is 1. The standard InChI is InChI=1S/C19H23ClFNO5/c1-19(2,3)27-18(26)22-10-13(21)8-15(22)16(23)9-14(17(24)25)11-5-4-6-12(20)7-11/h4-7,13-15H,8-10H2,1-3H3,(H,24,25)/t13-,14?,15+/m1/s1. The summed E-state index contributed by atoms with van der Waals surface area (Å²) >= 11 is 5.91. The maximum absolute atomic E-state index is 13.9. The number of amides is 1. The Labute approximate surface area is 162 Å². The van der Waals surface area contributed by atoms with Gasteiger partial charge in [0.2, 0.25) is 0 Å². The number of hydrogen-bond donors (Lipinski definition) is 1. The Morgan fingerprint density at radius 1 is 1.37 bits per heavy atom. The second-order valence-corrected chi connectivity index (χ2v) is 8.03. The van der Waals surface area contributed by atoms with E-state index in [1.165, 1.54) is 6.07 Å². The molecule has 0 bridgehead atoms. The fourth-order valence-electron chi connectivity index (χ4n) is 3.02. The van der Waals surface area contributed by atoms with Gasteiger partial charge in [-0.15, -0.1) is 0 Å². The highest BCUT2D eigenvalue weighted by atomic mass is 35.5. The number of ketones is 1. The number of carbonyl (C=O) groups is 3. The number of Topliss-reactive ketones (excluding diaryl/α,β-unsaturated/α-hetero) is 1. The van der Waals surface area contributed by atoms with E-state index in [4.69, 9.17) is 16.3 Å². The molecule has 3 atom stereocenters. The van der Waals surface area contributed by atoms with Crippen molar-refractivity contribution in [1.82, 2.24) is 4.90 Å². The number of rotatable bonds is 5. The summed E-state index contributed by atoms with van der Waals surface area (Å²) in [6.07, 6.45) is -2.68. The number of carbonyl (C=O) groups excluding carboxylic acids is 2. The maximum Gasteiger partial charge on any atom is 0.411 e. The number of likely N-dealkylation sites (tertiary alicyclic amines) is 1. The van der Waals surface area contributed by atoms with E-state index in [0.717, 1.165) is 4.90 Å². The van der Waals surface area contributed by atoms with Crippen molar-refractivity contribution in [3.63, 3.8) is 0 Å². The molecule has 0 saturated carbocycles. The van der Waals surface area contributed by atoms with Gasteiger partial charge in [-0.1, -0.05) is 23.7 Å². The molecular formula is C19H23ClFNO5. The van der Waals surface area contributed by atoms with Crippen molar-refractivity contribution in [2.75, 3.05) is 6.54 Å². The first-order chi connectivity index (χ1) is 12.5. The van der Waals surface area contributed by atoms with Gasteiger partial charge in [-0.3, -0.25) is 14.5 Å². The SMILES string of the molecule is CC(C)(C)OC(=O)N1C[C@H](F)C[C@H]1C(=O)CC(C(=O)O)c1cccc(Cl)c1. The van der Waals surface area contributed by atoms with Gasteiger partial charge in [0.05, 0.1) is 18.5 Å². The summed E-state index contributed by atoms with van der Waals surface area (Å²) in [7, 11) is 0. The molecule has 0 aliphatic carbocycles. The molecule has 1 saturated heterocycles. The van der Waals surface area contributed by atoms with Crippen LogP contribution in [0.3, 0.4) is 0 Å². The Bertz CT molecular complexity index is 733. The number of hydrogen-bond acceptors (Lipinski definition) is 4. The van der Waals surface area contributed by atoms with Gasteiger partial charge in [0.15, 0.2) is 5.78 Å². The largest absolute Gasteiger partial charge is 0.481 e. The van der Waals surface area contributed by atoms with Crippen LogP contribution in [0.1, 0.15) is 45.1 Å². The van der Waals surface area contributed by atoms with Crippen molar-refractivity contribution in [1.29, 1.82) is 0 Å². The zero-order valence-corrected chi connectivity index (χ0v) is 16.2. The van der Waals surface area contributed by atoms with Crippen LogP contribution in [0.5, 0.6) is 0 Å². The lowest BCUT2D eigenvalue weighted by atomic mass is 9.91. The number of carboxylic acids is 1. The van der Waals surface area contributed by atoms with Crippen LogP contribution in [0.15, 0.2) is 24.3 Å². The van der Waals surface area contributed by atoms with Gasteiger partial charge in [0.25, 0.3) is 0 Å². The highest BCUT2D eigenvalue weighted by molar-refractivity contribution is 6.30. The Morgan fingerprint density at radius 3 is 2.59 bits per heavy atom. The van der Waals surface area contributed by atoms with E-state index in [-0.39, 0.29) is 19.4 Å².